The van der Waals surface area contributed by atoms with Gasteiger partial charge in [0.25, 0.3) is 5.56 Å². The maximum Gasteiger partial charge on any atom is 0.252 e. The second kappa shape index (κ2) is 8.31. The van der Waals surface area contributed by atoms with Crippen molar-refractivity contribution < 1.29 is 0 Å². The first-order valence-electron chi connectivity index (χ1n) is 10.4. The number of piperidine rings is 2. The molecular weight excluding hydrogens is 352 g/mol. The van der Waals surface area contributed by atoms with E-state index in [1.165, 1.54) is 24.8 Å². The number of likely N-dealkylation sites (tertiary alicyclic amines) is 1. The topological polar surface area (TPSA) is 70.1 Å². The average molecular weight is 383 g/mol. The number of anilines is 1. The van der Waals surface area contributed by atoms with Crippen molar-refractivity contribution in [3.8, 4) is 0 Å². The summed E-state index contributed by atoms with van der Waals surface area (Å²) < 4.78 is 1.82. The molecule has 0 bridgehead atoms. The molecule has 0 aliphatic carbocycles. The minimum absolute atomic E-state index is 0.0363. The van der Waals surface area contributed by atoms with Gasteiger partial charge in [-0.2, -0.15) is 5.10 Å². The van der Waals surface area contributed by atoms with Crippen LogP contribution in [0.3, 0.4) is 0 Å². The van der Waals surface area contributed by atoms with E-state index in [1.54, 1.807) is 12.3 Å². The zero-order valence-corrected chi connectivity index (χ0v) is 16.7. The van der Waals surface area contributed by atoms with Gasteiger partial charge in [0.05, 0.1) is 11.9 Å². The number of nitrogens with one attached hydrogen (secondary N) is 1. The van der Waals surface area contributed by atoms with Crippen LogP contribution in [-0.2, 0) is 6.54 Å². The number of hydrogen-bond donors (Lipinski definition) is 1. The Balaban J connectivity index is 1.49. The molecule has 2 saturated heterocycles. The molecule has 0 amide bonds. The normalized spacial score (nSPS) is 21.0. The van der Waals surface area contributed by atoms with Crippen molar-refractivity contribution in [2.75, 3.05) is 31.1 Å². The summed E-state index contributed by atoms with van der Waals surface area (Å²) in [7, 11) is 0. The zero-order chi connectivity index (χ0) is 19.5. The monoisotopic (exact) mass is 382 g/mol. The fourth-order valence-corrected chi connectivity index (χ4v) is 4.41. The quantitative estimate of drug-likeness (QED) is 0.861. The molecule has 2 aromatic heterocycles. The molecule has 7 nitrogen and oxygen atoms in total. The Morgan fingerprint density at radius 2 is 2.07 bits per heavy atom. The fourth-order valence-electron chi connectivity index (χ4n) is 4.41. The number of hydrogen-bond acceptors (Lipinski definition) is 5. The Morgan fingerprint density at radius 3 is 2.82 bits per heavy atom. The molecule has 0 saturated carbocycles. The van der Waals surface area contributed by atoms with Crippen molar-refractivity contribution >= 4 is 12.1 Å². The lowest BCUT2D eigenvalue weighted by atomic mass is 9.94. The first kappa shape index (κ1) is 18.9. The van der Waals surface area contributed by atoms with E-state index in [-0.39, 0.29) is 5.56 Å². The van der Waals surface area contributed by atoms with Crippen LogP contribution in [0.15, 0.2) is 23.6 Å². The van der Waals surface area contributed by atoms with Gasteiger partial charge in [0.1, 0.15) is 0 Å². The van der Waals surface area contributed by atoms with Crippen molar-refractivity contribution in [1.82, 2.24) is 24.6 Å². The first-order valence-corrected chi connectivity index (χ1v) is 10.4. The lowest BCUT2D eigenvalue weighted by Gasteiger charge is -2.33. The van der Waals surface area contributed by atoms with Gasteiger partial charge in [-0.15, -0.1) is 0 Å². The Labute approximate surface area is 166 Å². The smallest absolute Gasteiger partial charge is 0.252 e. The van der Waals surface area contributed by atoms with E-state index >= 15 is 0 Å². The Kier molecular flexibility index (Phi) is 5.62. The molecule has 0 radical (unpaired) electrons. The van der Waals surface area contributed by atoms with E-state index in [1.807, 2.05) is 10.9 Å². The fraction of sp³-hybridized carbons (Fsp3) is 0.571. The summed E-state index contributed by atoms with van der Waals surface area (Å²) in [5, 5.41) is 4.36. The first-order chi connectivity index (χ1) is 13.6. The van der Waals surface area contributed by atoms with E-state index in [4.69, 9.17) is 4.98 Å². The summed E-state index contributed by atoms with van der Waals surface area (Å²) in [5.74, 6) is 1.05. The third-order valence-electron chi connectivity index (χ3n) is 6.04. The van der Waals surface area contributed by atoms with E-state index in [2.05, 4.69) is 33.4 Å². The summed E-state index contributed by atoms with van der Waals surface area (Å²) in [6, 6.07) is 1.70. The molecule has 1 N–H and O–H groups in total. The molecule has 2 aromatic rings. The van der Waals surface area contributed by atoms with Crippen molar-refractivity contribution in [3.05, 3.63) is 46.1 Å². The van der Waals surface area contributed by atoms with Gasteiger partial charge in [-0.1, -0.05) is 6.58 Å². The van der Waals surface area contributed by atoms with E-state index < -0.39 is 0 Å². The standard InChI is InChI=1S/C21H30N6O/c1-3-27-16(2)18(13-22-27)15-25-9-7-8-17(14-25)19-12-20(28)24-21(23-19)26-10-5-4-6-11-26/h3,12-13,17H,1,4-11,14-15H2,2H3,(H,23,24,28). The highest BCUT2D eigenvalue weighted by Crippen LogP contribution is 2.27. The largest absolute Gasteiger partial charge is 0.342 e. The van der Waals surface area contributed by atoms with Crippen molar-refractivity contribution in [3.63, 3.8) is 0 Å². The van der Waals surface area contributed by atoms with Gasteiger partial charge in [0.15, 0.2) is 0 Å². The molecule has 1 unspecified atom stereocenters. The predicted molar refractivity (Wildman–Crippen MR) is 112 cm³/mol. The SMILES string of the molecule is C=Cn1ncc(CN2CCCC(c3cc(=O)[nH]c(N4CCCCC4)n3)C2)c1C. The molecule has 4 heterocycles. The maximum atomic E-state index is 12.3. The zero-order valence-electron chi connectivity index (χ0n) is 16.7. The van der Waals surface area contributed by atoms with Crippen LogP contribution < -0.4 is 10.5 Å². The summed E-state index contributed by atoms with van der Waals surface area (Å²) >= 11 is 0. The minimum atomic E-state index is -0.0363. The molecule has 7 heteroatoms. The van der Waals surface area contributed by atoms with Crippen molar-refractivity contribution in [2.45, 2.75) is 51.5 Å². The van der Waals surface area contributed by atoms with Gasteiger partial charge >= 0.3 is 0 Å². The highest BCUT2D eigenvalue weighted by Gasteiger charge is 2.25. The van der Waals surface area contributed by atoms with Crippen LogP contribution in [0.1, 0.15) is 55.0 Å². The van der Waals surface area contributed by atoms with Crippen LogP contribution in [0.5, 0.6) is 0 Å². The third kappa shape index (κ3) is 4.04. The predicted octanol–water partition coefficient (Wildman–Crippen LogP) is 2.75. The number of rotatable bonds is 5. The van der Waals surface area contributed by atoms with Crippen LogP contribution in [0, 0.1) is 6.92 Å². The molecule has 1 atom stereocenters. The molecule has 2 aliphatic heterocycles. The van der Waals surface area contributed by atoms with Crippen LogP contribution in [-0.4, -0.2) is 50.8 Å². The van der Waals surface area contributed by atoms with Crippen molar-refractivity contribution in [2.24, 2.45) is 0 Å². The number of H-pyrrole nitrogens is 1. The van der Waals surface area contributed by atoms with Crippen molar-refractivity contribution in [1.29, 1.82) is 0 Å². The number of nitrogens with zero attached hydrogens (tertiary/aromatic N) is 5. The molecule has 4 rings (SSSR count). The van der Waals surface area contributed by atoms with Crippen LogP contribution in [0.2, 0.25) is 0 Å². The Bertz CT molecular complexity index is 879. The van der Waals surface area contributed by atoms with Crippen LogP contribution in [0.25, 0.3) is 6.20 Å². The average Bonchev–Trinajstić information content (AvgIpc) is 3.08. The summed E-state index contributed by atoms with van der Waals surface area (Å²) in [6.07, 6.45) is 9.47. The van der Waals surface area contributed by atoms with E-state index in [0.29, 0.717) is 5.92 Å². The number of aromatic amines is 1. The van der Waals surface area contributed by atoms with Crippen LogP contribution in [0.4, 0.5) is 5.95 Å². The van der Waals surface area contributed by atoms with Gasteiger partial charge in [-0.25, -0.2) is 9.67 Å². The lowest BCUT2D eigenvalue weighted by molar-refractivity contribution is 0.198. The van der Waals surface area contributed by atoms with Gasteiger partial charge in [-0.3, -0.25) is 14.7 Å². The highest BCUT2D eigenvalue weighted by atomic mass is 16.1. The van der Waals surface area contributed by atoms with E-state index in [9.17, 15) is 4.79 Å². The molecule has 0 spiro atoms. The van der Waals surface area contributed by atoms with Gasteiger partial charge in [0, 0.05) is 55.6 Å². The molecule has 28 heavy (non-hydrogen) atoms. The molecular formula is C21H30N6O. The van der Waals surface area contributed by atoms with E-state index in [0.717, 1.165) is 62.9 Å². The lowest BCUT2D eigenvalue weighted by Crippen LogP contribution is -2.36. The maximum absolute atomic E-state index is 12.3. The summed E-state index contributed by atoms with van der Waals surface area (Å²) in [4.78, 5) is 24.8. The van der Waals surface area contributed by atoms with Gasteiger partial charge < -0.3 is 4.90 Å². The Morgan fingerprint density at radius 1 is 1.25 bits per heavy atom. The number of aromatic nitrogens is 4. The second-order valence-electron chi connectivity index (χ2n) is 8.00. The molecule has 150 valence electrons. The van der Waals surface area contributed by atoms with Gasteiger partial charge in [0.2, 0.25) is 5.95 Å². The summed E-state index contributed by atoms with van der Waals surface area (Å²) in [6.45, 7) is 10.7. The van der Waals surface area contributed by atoms with Crippen LogP contribution >= 0.6 is 0 Å². The molecule has 0 aromatic carbocycles. The minimum Gasteiger partial charge on any atom is -0.342 e. The highest BCUT2D eigenvalue weighted by molar-refractivity contribution is 5.32. The molecule has 2 fully saturated rings. The Hall–Kier alpha value is -2.41. The van der Waals surface area contributed by atoms with Gasteiger partial charge in [-0.05, 0) is 45.6 Å². The third-order valence-corrected chi connectivity index (χ3v) is 6.04. The summed E-state index contributed by atoms with van der Waals surface area (Å²) in [5.41, 5.74) is 3.27. The second-order valence-corrected chi connectivity index (χ2v) is 8.00. The molecule has 2 aliphatic rings.